The lowest BCUT2D eigenvalue weighted by atomic mass is 10.0. The lowest BCUT2D eigenvalue weighted by Gasteiger charge is -2.32. The second kappa shape index (κ2) is 5.19. The molecule has 4 nitrogen and oxygen atoms in total. The number of rotatable bonds is 2. The molecule has 21 heavy (non-hydrogen) atoms. The van der Waals surface area contributed by atoms with Crippen molar-refractivity contribution < 1.29 is 4.74 Å². The molecule has 2 aromatic rings. The highest BCUT2D eigenvalue weighted by Gasteiger charge is 2.36. The highest BCUT2D eigenvalue weighted by molar-refractivity contribution is 5.98. The van der Waals surface area contributed by atoms with Crippen LogP contribution in [-0.2, 0) is 4.74 Å². The lowest BCUT2D eigenvalue weighted by Crippen LogP contribution is -2.41. The molecule has 1 N–H and O–H groups in total. The molecule has 1 saturated heterocycles. The van der Waals surface area contributed by atoms with E-state index in [2.05, 4.69) is 46.4 Å². The molecule has 2 aliphatic rings. The van der Waals surface area contributed by atoms with E-state index < -0.39 is 0 Å². The van der Waals surface area contributed by atoms with Gasteiger partial charge in [-0.2, -0.15) is 0 Å². The zero-order valence-electron chi connectivity index (χ0n) is 12.4. The van der Waals surface area contributed by atoms with Crippen molar-refractivity contribution in [3.8, 4) is 0 Å². The smallest absolute Gasteiger partial charge is 0.0771 e. The fraction of sp³-hybridized carbons (Fsp3) is 0.471. The van der Waals surface area contributed by atoms with Crippen molar-refractivity contribution in [2.45, 2.75) is 19.4 Å². The van der Waals surface area contributed by atoms with Crippen molar-refractivity contribution in [2.75, 3.05) is 36.5 Å². The third-order valence-electron chi connectivity index (χ3n) is 4.62. The summed E-state index contributed by atoms with van der Waals surface area (Å²) in [5, 5.41) is 4.83. The van der Waals surface area contributed by atoms with Crippen LogP contribution in [0, 0.1) is 5.92 Å². The number of aromatic nitrogens is 1. The molecule has 4 rings (SSSR count). The largest absolute Gasteiger partial charge is 0.382 e. The molecule has 3 heterocycles. The van der Waals surface area contributed by atoms with E-state index in [1.165, 1.54) is 11.1 Å². The van der Waals surface area contributed by atoms with Crippen molar-refractivity contribution in [1.29, 1.82) is 0 Å². The second-order valence-corrected chi connectivity index (χ2v) is 5.98. The number of anilines is 2. The number of fused-ring (bicyclic) bond motifs is 4. The molecular formula is C17H21N3O. The predicted molar refractivity (Wildman–Crippen MR) is 86.0 cm³/mol. The monoisotopic (exact) mass is 283 g/mol. The highest BCUT2D eigenvalue weighted by Crippen LogP contribution is 2.39. The van der Waals surface area contributed by atoms with Gasteiger partial charge in [0.1, 0.15) is 0 Å². The maximum Gasteiger partial charge on any atom is 0.0771 e. The van der Waals surface area contributed by atoms with Gasteiger partial charge in [-0.05, 0) is 12.5 Å². The summed E-state index contributed by atoms with van der Waals surface area (Å²) in [6, 6.07) is 8.90. The topological polar surface area (TPSA) is 37.4 Å². The van der Waals surface area contributed by atoms with E-state index in [4.69, 9.17) is 4.74 Å². The van der Waals surface area contributed by atoms with Crippen molar-refractivity contribution in [1.82, 2.24) is 4.98 Å². The number of nitrogens with zero attached hydrogens (tertiary/aromatic N) is 2. The number of hydrogen-bond acceptors (Lipinski definition) is 4. The van der Waals surface area contributed by atoms with Crippen LogP contribution in [0.3, 0.4) is 0 Å². The number of nitrogens with one attached hydrogen (secondary N) is 1. The minimum atomic E-state index is 0.476. The molecule has 2 atom stereocenters. The van der Waals surface area contributed by atoms with E-state index in [9.17, 15) is 0 Å². The number of pyridine rings is 1. The first-order chi connectivity index (χ1) is 10.4. The maximum absolute atomic E-state index is 5.75. The van der Waals surface area contributed by atoms with E-state index in [1.807, 2.05) is 6.20 Å². The lowest BCUT2D eigenvalue weighted by molar-refractivity contribution is 0.185. The van der Waals surface area contributed by atoms with Gasteiger partial charge in [0.15, 0.2) is 0 Å². The van der Waals surface area contributed by atoms with Crippen LogP contribution in [0.1, 0.15) is 13.3 Å². The molecule has 110 valence electrons. The molecule has 1 aromatic heterocycles. The Hall–Kier alpha value is -1.81. The number of hydrogen-bond donors (Lipinski definition) is 1. The SMILES string of the molecule is CCCN1c2c(cnc3ccccc23)NCC2COCC21. The summed E-state index contributed by atoms with van der Waals surface area (Å²) in [5.74, 6) is 0.558. The van der Waals surface area contributed by atoms with Crippen LogP contribution in [0.4, 0.5) is 11.4 Å². The molecular weight excluding hydrogens is 262 g/mol. The van der Waals surface area contributed by atoms with Gasteiger partial charge in [0, 0.05) is 24.4 Å². The Balaban J connectivity index is 1.91. The van der Waals surface area contributed by atoms with Gasteiger partial charge in [0.25, 0.3) is 0 Å². The summed E-state index contributed by atoms with van der Waals surface area (Å²) >= 11 is 0. The standard InChI is InChI=1S/C17H21N3O/c1-2-7-20-16-11-21-10-12(16)8-18-15-9-19-14-6-4-3-5-13(14)17(15)20/h3-6,9,12,16,18H,2,7-8,10-11H2,1H3. The van der Waals surface area contributed by atoms with Crippen LogP contribution in [0.25, 0.3) is 10.9 Å². The van der Waals surface area contributed by atoms with Crippen molar-refractivity contribution in [3.63, 3.8) is 0 Å². The fourth-order valence-corrected chi connectivity index (χ4v) is 3.62. The minimum Gasteiger partial charge on any atom is -0.382 e. The molecule has 0 amide bonds. The Kier molecular flexibility index (Phi) is 3.19. The fourth-order valence-electron chi connectivity index (χ4n) is 3.62. The van der Waals surface area contributed by atoms with Crippen molar-refractivity contribution in [3.05, 3.63) is 30.5 Å². The van der Waals surface area contributed by atoms with Crippen LogP contribution in [-0.4, -0.2) is 37.3 Å². The molecule has 1 aromatic carbocycles. The third-order valence-corrected chi connectivity index (χ3v) is 4.62. The van der Waals surface area contributed by atoms with Crippen LogP contribution in [0.5, 0.6) is 0 Å². The molecule has 2 aliphatic heterocycles. The van der Waals surface area contributed by atoms with E-state index in [-0.39, 0.29) is 0 Å². The normalized spacial score (nSPS) is 24.3. The first-order valence-electron chi connectivity index (χ1n) is 7.84. The summed E-state index contributed by atoms with van der Waals surface area (Å²) in [4.78, 5) is 7.16. The zero-order chi connectivity index (χ0) is 14.2. The maximum atomic E-state index is 5.75. The van der Waals surface area contributed by atoms with Gasteiger partial charge in [-0.25, -0.2) is 0 Å². The van der Waals surface area contributed by atoms with Crippen LogP contribution in [0.2, 0.25) is 0 Å². The van der Waals surface area contributed by atoms with E-state index in [0.717, 1.165) is 43.9 Å². The molecule has 0 bridgehead atoms. The molecule has 0 aliphatic carbocycles. The Morgan fingerprint density at radius 3 is 3.14 bits per heavy atom. The highest BCUT2D eigenvalue weighted by atomic mass is 16.5. The molecule has 0 radical (unpaired) electrons. The minimum absolute atomic E-state index is 0.476. The molecule has 0 spiro atoms. The third kappa shape index (κ3) is 2.05. The van der Waals surface area contributed by atoms with Crippen LogP contribution in [0.15, 0.2) is 30.5 Å². The molecule has 2 unspecified atom stereocenters. The summed E-state index contributed by atoms with van der Waals surface area (Å²) in [5.41, 5.74) is 3.54. The first-order valence-corrected chi connectivity index (χ1v) is 7.84. The number of para-hydroxylation sites is 1. The van der Waals surface area contributed by atoms with E-state index in [1.54, 1.807) is 0 Å². The van der Waals surface area contributed by atoms with Gasteiger partial charge in [-0.3, -0.25) is 4.98 Å². The van der Waals surface area contributed by atoms with Gasteiger partial charge in [0.05, 0.1) is 42.3 Å². The Morgan fingerprint density at radius 2 is 2.24 bits per heavy atom. The van der Waals surface area contributed by atoms with Crippen molar-refractivity contribution >= 4 is 22.3 Å². The van der Waals surface area contributed by atoms with Crippen molar-refractivity contribution in [2.24, 2.45) is 5.92 Å². The summed E-state index contributed by atoms with van der Waals surface area (Å²) in [6.45, 7) is 5.97. The Morgan fingerprint density at radius 1 is 1.33 bits per heavy atom. The van der Waals surface area contributed by atoms with Gasteiger partial charge in [-0.1, -0.05) is 25.1 Å². The van der Waals surface area contributed by atoms with E-state index >= 15 is 0 Å². The number of benzene rings is 1. The molecule has 1 fully saturated rings. The van der Waals surface area contributed by atoms with Gasteiger partial charge in [0.2, 0.25) is 0 Å². The summed E-state index contributed by atoms with van der Waals surface area (Å²) < 4.78 is 5.75. The quantitative estimate of drug-likeness (QED) is 0.919. The number of ether oxygens (including phenoxy) is 1. The average molecular weight is 283 g/mol. The van der Waals surface area contributed by atoms with Crippen LogP contribution < -0.4 is 10.2 Å². The summed E-state index contributed by atoms with van der Waals surface area (Å²) in [6.07, 6.45) is 3.13. The average Bonchev–Trinajstić information content (AvgIpc) is 2.93. The summed E-state index contributed by atoms with van der Waals surface area (Å²) in [7, 11) is 0. The van der Waals surface area contributed by atoms with Crippen LogP contribution >= 0.6 is 0 Å². The van der Waals surface area contributed by atoms with Gasteiger partial charge >= 0.3 is 0 Å². The molecule has 0 saturated carbocycles. The first kappa shape index (κ1) is 12.9. The van der Waals surface area contributed by atoms with Gasteiger partial charge in [-0.15, -0.1) is 0 Å². The van der Waals surface area contributed by atoms with E-state index in [0.29, 0.717) is 12.0 Å². The van der Waals surface area contributed by atoms with Gasteiger partial charge < -0.3 is 15.0 Å². The molecule has 4 heteroatoms. The Bertz CT molecular complexity index is 658. The zero-order valence-corrected chi connectivity index (χ0v) is 12.4. The second-order valence-electron chi connectivity index (χ2n) is 5.98. The Labute approximate surface area is 125 Å². The predicted octanol–water partition coefficient (Wildman–Crippen LogP) is 2.89.